The number of hydrogen-bond donors (Lipinski definition) is 0. The molecule has 2 rings (SSSR count). The molecule has 136 valence electrons. The third kappa shape index (κ3) is 4.99. The Labute approximate surface area is 144 Å². The standard InChI is InChI=1S/C17H19FO7/c1-9-4-6-12(7-5-9)16(21)22-8-13-14(18)15(23-10(2)19)17(25-13)24-11(3)20/h4-7,13-15,17H,8H2,1-3H3/t13-,14+,15?,17-/m1/s1. The fraction of sp³-hybridized carbons (Fsp3) is 0.471. The van der Waals surface area contributed by atoms with Gasteiger partial charge in [-0.2, -0.15) is 0 Å². The molecule has 7 nitrogen and oxygen atoms in total. The summed E-state index contributed by atoms with van der Waals surface area (Å²) in [5, 5.41) is 0. The second kappa shape index (κ2) is 8.06. The Kier molecular flexibility index (Phi) is 6.08. The number of esters is 3. The molecule has 1 heterocycles. The minimum Gasteiger partial charge on any atom is -0.459 e. The summed E-state index contributed by atoms with van der Waals surface area (Å²) in [7, 11) is 0. The SMILES string of the molecule is CC(=O)OC1[C@H](OC(C)=O)O[C@H](COC(=O)c2ccc(C)cc2)[C@@H]1F. The molecule has 0 saturated carbocycles. The average Bonchev–Trinajstić information content (AvgIpc) is 2.81. The van der Waals surface area contributed by atoms with Crippen molar-refractivity contribution in [3.05, 3.63) is 35.4 Å². The molecular formula is C17H19FO7. The van der Waals surface area contributed by atoms with Crippen LogP contribution in [0, 0.1) is 6.92 Å². The zero-order valence-corrected chi connectivity index (χ0v) is 14.1. The van der Waals surface area contributed by atoms with E-state index in [1.165, 1.54) is 0 Å². The van der Waals surface area contributed by atoms with E-state index in [1.807, 2.05) is 6.92 Å². The van der Waals surface area contributed by atoms with Crippen LogP contribution in [-0.2, 0) is 28.5 Å². The van der Waals surface area contributed by atoms with Gasteiger partial charge in [-0.1, -0.05) is 17.7 Å². The minimum atomic E-state index is -1.81. The summed E-state index contributed by atoms with van der Waals surface area (Å²) >= 11 is 0. The predicted octanol–water partition coefficient (Wildman–Crippen LogP) is 1.71. The van der Waals surface area contributed by atoms with Crippen LogP contribution < -0.4 is 0 Å². The summed E-state index contributed by atoms with van der Waals surface area (Å²) in [5.74, 6) is -2.10. The quantitative estimate of drug-likeness (QED) is 0.587. The van der Waals surface area contributed by atoms with E-state index in [-0.39, 0.29) is 0 Å². The smallest absolute Gasteiger partial charge is 0.338 e. The lowest BCUT2D eigenvalue weighted by atomic mass is 10.1. The van der Waals surface area contributed by atoms with Gasteiger partial charge in [0.25, 0.3) is 0 Å². The highest BCUT2D eigenvalue weighted by molar-refractivity contribution is 5.89. The van der Waals surface area contributed by atoms with Crippen LogP contribution in [0.25, 0.3) is 0 Å². The Morgan fingerprint density at radius 2 is 1.68 bits per heavy atom. The molecule has 8 heteroatoms. The van der Waals surface area contributed by atoms with Crippen molar-refractivity contribution in [1.82, 2.24) is 0 Å². The molecule has 0 radical (unpaired) electrons. The molecule has 4 atom stereocenters. The number of alkyl halides is 1. The average molecular weight is 354 g/mol. The van der Waals surface area contributed by atoms with Crippen LogP contribution in [0.3, 0.4) is 0 Å². The van der Waals surface area contributed by atoms with E-state index in [0.717, 1.165) is 19.4 Å². The number of carbonyl (C=O) groups is 3. The van der Waals surface area contributed by atoms with Crippen LogP contribution in [0.5, 0.6) is 0 Å². The van der Waals surface area contributed by atoms with Crippen LogP contribution >= 0.6 is 0 Å². The van der Waals surface area contributed by atoms with Crippen molar-refractivity contribution in [2.75, 3.05) is 6.61 Å². The predicted molar refractivity (Wildman–Crippen MR) is 82.3 cm³/mol. The highest BCUT2D eigenvalue weighted by atomic mass is 19.1. The van der Waals surface area contributed by atoms with Gasteiger partial charge in [0.2, 0.25) is 6.29 Å². The van der Waals surface area contributed by atoms with E-state index in [0.29, 0.717) is 5.56 Å². The van der Waals surface area contributed by atoms with Crippen LogP contribution in [0.2, 0.25) is 0 Å². The minimum absolute atomic E-state index is 0.312. The van der Waals surface area contributed by atoms with E-state index in [9.17, 15) is 18.8 Å². The molecule has 1 aliphatic rings. The lowest BCUT2D eigenvalue weighted by molar-refractivity contribution is -0.195. The van der Waals surface area contributed by atoms with Crippen molar-refractivity contribution >= 4 is 17.9 Å². The van der Waals surface area contributed by atoms with Crippen molar-refractivity contribution in [2.24, 2.45) is 0 Å². The molecule has 0 aliphatic carbocycles. The molecule has 0 bridgehead atoms. The molecule has 0 spiro atoms. The summed E-state index contributed by atoms with van der Waals surface area (Å²) in [6, 6.07) is 6.66. The van der Waals surface area contributed by atoms with Gasteiger partial charge in [-0.25, -0.2) is 9.18 Å². The second-order valence-corrected chi connectivity index (χ2v) is 5.64. The van der Waals surface area contributed by atoms with Gasteiger partial charge in [-0.15, -0.1) is 0 Å². The monoisotopic (exact) mass is 354 g/mol. The number of ether oxygens (including phenoxy) is 4. The van der Waals surface area contributed by atoms with Crippen molar-refractivity contribution in [3.63, 3.8) is 0 Å². The highest BCUT2D eigenvalue weighted by Gasteiger charge is 2.49. The third-order valence-electron chi connectivity index (χ3n) is 3.50. The van der Waals surface area contributed by atoms with Crippen LogP contribution in [0.15, 0.2) is 24.3 Å². The van der Waals surface area contributed by atoms with Gasteiger partial charge in [0.05, 0.1) is 5.56 Å². The van der Waals surface area contributed by atoms with Crippen molar-refractivity contribution in [2.45, 2.75) is 45.4 Å². The lowest BCUT2D eigenvalue weighted by Gasteiger charge is -2.18. The Balaban J connectivity index is 1.98. The molecular weight excluding hydrogens is 335 g/mol. The summed E-state index contributed by atoms with van der Waals surface area (Å²) < 4.78 is 34.3. The summed E-state index contributed by atoms with van der Waals surface area (Å²) in [6.45, 7) is 3.68. The Morgan fingerprint density at radius 1 is 1.08 bits per heavy atom. The van der Waals surface area contributed by atoms with Crippen molar-refractivity contribution in [1.29, 1.82) is 0 Å². The molecule has 1 aliphatic heterocycles. The van der Waals surface area contributed by atoms with Gasteiger partial charge in [0.15, 0.2) is 12.3 Å². The summed E-state index contributed by atoms with van der Waals surface area (Å²) in [5.41, 5.74) is 1.29. The van der Waals surface area contributed by atoms with Gasteiger partial charge in [-0.05, 0) is 19.1 Å². The molecule has 1 unspecified atom stereocenters. The summed E-state index contributed by atoms with van der Waals surface area (Å²) in [6.07, 6.45) is -5.83. The zero-order valence-electron chi connectivity index (χ0n) is 14.1. The van der Waals surface area contributed by atoms with E-state index in [2.05, 4.69) is 0 Å². The van der Waals surface area contributed by atoms with E-state index in [1.54, 1.807) is 24.3 Å². The number of hydrogen-bond acceptors (Lipinski definition) is 7. The highest BCUT2D eigenvalue weighted by Crippen LogP contribution is 2.28. The van der Waals surface area contributed by atoms with E-state index in [4.69, 9.17) is 18.9 Å². The van der Waals surface area contributed by atoms with Gasteiger partial charge < -0.3 is 18.9 Å². The maximum atomic E-state index is 14.4. The fourth-order valence-corrected chi connectivity index (χ4v) is 2.32. The zero-order chi connectivity index (χ0) is 18.6. The number of aryl methyl sites for hydroxylation is 1. The number of halogens is 1. The first kappa shape index (κ1) is 18.9. The van der Waals surface area contributed by atoms with Gasteiger partial charge in [0, 0.05) is 13.8 Å². The normalized spacial score (nSPS) is 25.3. The van der Waals surface area contributed by atoms with Gasteiger partial charge in [0.1, 0.15) is 12.7 Å². The Morgan fingerprint density at radius 3 is 2.24 bits per heavy atom. The van der Waals surface area contributed by atoms with Gasteiger partial charge in [-0.3, -0.25) is 9.59 Å². The number of carbonyl (C=O) groups excluding carboxylic acids is 3. The lowest BCUT2D eigenvalue weighted by Crippen LogP contribution is -2.36. The Bertz CT molecular complexity index is 643. The fourth-order valence-electron chi connectivity index (χ4n) is 2.32. The van der Waals surface area contributed by atoms with Crippen LogP contribution in [0.4, 0.5) is 4.39 Å². The first-order chi connectivity index (χ1) is 11.8. The van der Waals surface area contributed by atoms with Gasteiger partial charge >= 0.3 is 17.9 Å². The van der Waals surface area contributed by atoms with Crippen LogP contribution in [0.1, 0.15) is 29.8 Å². The third-order valence-corrected chi connectivity index (χ3v) is 3.50. The van der Waals surface area contributed by atoms with Crippen LogP contribution in [-0.4, -0.2) is 49.2 Å². The largest absolute Gasteiger partial charge is 0.459 e. The molecule has 1 saturated heterocycles. The maximum absolute atomic E-state index is 14.4. The topological polar surface area (TPSA) is 88.1 Å². The molecule has 0 N–H and O–H groups in total. The van der Waals surface area contributed by atoms with E-state index >= 15 is 0 Å². The maximum Gasteiger partial charge on any atom is 0.338 e. The van der Waals surface area contributed by atoms with Crippen molar-refractivity contribution in [3.8, 4) is 0 Å². The molecule has 0 amide bonds. The molecule has 0 aromatic heterocycles. The Hall–Kier alpha value is -2.48. The summed E-state index contributed by atoms with van der Waals surface area (Å²) in [4.78, 5) is 34.1. The van der Waals surface area contributed by atoms with Crippen molar-refractivity contribution < 1.29 is 37.7 Å². The van der Waals surface area contributed by atoms with E-state index < -0.39 is 49.2 Å². The second-order valence-electron chi connectivity index (χ2n) is 5.64. The molecule has 1 aromatic carbocycles. The first-order valence-corrected chi connectivity index (χ1v) is 7.65. The molecule has 1 fully saturated rings. The molecule has 1 aromatic rings. The molecule has 25 heavy (non-hydrogen) atoms. The number of benzene rings is 1. The number of rotatable bonds is 5. The first-order valence-electron chi connectivity index (χ1n) is 7.65.